The van der Waals surface area contributed by atoms with Crippen LogP contribution in [0.4, 0.5) is 0 Å². The Hall–Kier alpha value is -0.220. The van der Waals surface area contributed by atoms with Crippen LogP contribution in [0.3, 0.4) is 0 Å². The summed E-state index contributed by atoms with van der Waals surface area (Å²) in [5.74, 6) is 0.432. The van der Waals surface area contributed by atoms with Crippen LogP contribution in [0.1, 0.15) is 33.1 Å². The highest BCUT2D eigenvalue weighted by atomic mass is 32.1. The van der Waals surface area contributed by atoms with Crippen molar-refractivity contribution in [2.24, 2.45) is 5.92 Å². The smallest absolute Gasteiger partial charge is 0.235 e. The van der Waals surface area contributed by atoms with E-state index in [2.05, 4.69) is 31.6 Å². The molecule has 1 atom stereocenters. The van der Waals surface area contributed by atoms with Gasteiger partial charge in [0.05, 0.1) is 5.25 Å². The summed E-state index contributed by atoms with van der Waals surface area (Å²) in [6.07, 6.45) is 3.65. The summed E-state index contributed by atoms with van der Waals surface area (Å²) < 4.78 is 0. The highest BCUT2D eigenvalue weighted by molar-refractivity contribution is 7.81. The molecule has 4 heteroatoms. The molecule has 1 amide bonds. The standard InChI is InChI=1S/C13H26N2OS/c1-10(2)11(17)12(16)15(5)9-13(14(3)4)7-6-8-13/h10-11,17H,6-9H2,1-5H3. The Labute approximate surface area is 111 Å². The van der Waals surface area contributed by atoms with Crippen LogP contribution in [-0.4, -0.2) is 54.2 Å². The van der Waals surface area contributed by atoms with Crippen LogP contribution in [0, 0.1) is 5.92 Å². The molecule has 1 saturated carbocycles. The first-order valence-electron chi connectivity index (χ1n) is 6.40. The number of thiol groups is 1. The number of hydrogen-bond acceptors (Lipinski definition) is 3. The van der Waals surface area contributed by atoms with Crippen LogP contribution in [0.5, 0.6) is 0 Å². The average Bonchev–Trinajstić information content (AvgIpc) is 2.20. The second-order valence-electron chi connectivity index (χ2n) is 5.86. The van der Waals surface area contributed by atoms with E-state index < -0.39 is 0 Å². The van der Waals surface area contributed by atoms with E-state index >= 15 is 0 Å². The number of rotatable bonds is 5. The summed E-state index contributed by atoms with van der Waals surface area (Å²) in [7, 11) is 6.12. The quantitative estimate of drug-likeness (QED) is 0.761. The molecule has 1 rings (SSSR count). The van der Waals surface area contributed by atoms with Gasteiger partial charge in [-0.2, -0.15) is 12.6 Å². The molecule has 0 radical (unpaired) electrons. The summed E-state index contributed by atoms with van der Waals surface area (Å²) in [4.78, 5) is 16.3. The molecule has 0 N–H and O–H groups in total. The van der Waals surface area contributed by atoms with Crippen LogP contribution in [0.25, 0.3) is 0 Å². The van der Waals surface area contributed by atoms with Gasteiger partial charge in [-0.05, 0) is 39.3 Å². The minimum Gasteiger partial charge on any atom is -0.343 e. The number of amides is 1. The third kappa shape index (κ3) is 3.16. The van der Waals surface area contributed by atoms with Crippen LogP contribution in [0.2, 0.25) is 0 Å². The second kappa shape index (κ2) is 5.61. The molecule has 1 fully saturated rings. The third-order valence-electron chi connectivity index (χ3n) is 4.03. The molecule has 0 aromatic heterocycles. The third-order valence-corrected chi connectivity index (χ3v) is 4.84. The highest BCUT2D eigenvalue weighted by Gasteiger charge is 2.41. The number of carbonyl (C=O) groups is 1. The minimum atomic E-state index is -0.181. The van der Waals surface area contributed by atoms with Gasteiger partial charge in [0, 0.05) is 19.1 Å². The molecule has 0 bridgehead atoms. The van der Waals surface area contributed by atoms with E-state index in [0.29, 0.717) is 0 Å². The Morgan fingerprint density at radius 1 is 1.29 bits per heavy atom. The summed E-state index contributed by atoms with van der Waals surface area (Å²) in [5, 5.41) is -0.181. The molecule has 3 nitrogen and oxygen atoms in total. The monoisotopic (exact) mass is 258 g/mol. The molecule has 1 aliphatic carbocycles. The molecular weight excluding hydrogens is 232 g/mol. The Kier molecular flexibility index (Phi) is 4.90. The fraction of sp³-hybridized carbons (Fsp3) is 0.923. The lowest BCUT2D eigenvalue weighted by Crippen LogP contribution is -2.58. The molecule has 0 heterocycles. The fourth-order valence-electron chi connectivity index (χ4n) is 2.36. The van der Waals surface area contributed by atoms with Crippen molar-refractivity contribution in [1.82, 2.24) is 9.80 Å². The molecular formula is C13H26N2OS. The molecule has 0 aliphatic heterocycles. The van der Waals surface area contributed by atoms with E-state index in [1.165, 1.54) is 19.3 Å². The van der Waals surface area contributed by atoms with Crippen molar-refractivity contribution < 1.29 is 4.79 Å². The maximum absolute atomic E-state index is 12.2. The van der Waals surface area contributed by atoms with Crippen molar-refractivity contribution in [3.8, 4) is 0 Å². The van der Waals surface area contributed by atoms with Crippen molar-refractivity contribution >= 4 is 18.5 Å². The normalized spacial score (nSPS) is 20.2. The van der Waals surface area contributed by atoms with Crippen LogP contribution in [0.15, 0.2) is 0 Å². The molecule has 1 aliphatic rings. The molecule has 0 aromatic carbocycles. The summed E-state index contributed by atoms with van der Waals surface area (Å²) in [6.45, 7) is 4.89. The largest absolute Gasteiger partial charge is 0.343 e. The van der Waals surface area contributed by atoms with Gasteiger partial charge in [-0.1, -0.05) is 13.8 Å². The Bertz CT molecular complexity index is 275. The number of carbonyl (C=O) groups excluding carboxylic acids is 1. The Balaban J connectivity index is 2.59. The van der Waals surface area contributed by atoms with Crippen molar-refractivity contribution in [3.05, 3.63) is 0 Å². The Morgan fingerprint density at radius 3 is 2.12 bits per heavy atom. The SMILES string of the molecule is CC(C)C(S)C(=O)N(C)CC1(N(C)C)CCC1. The number of nitrogens with zero attached hydrogens (tertiary/aromatic N) is 2. The van der Waals surface area contributed by atoms with Gasteiger partial charge in [-0.3, -0.25) is 4.79 Å². The Morgan fingerprint density at radius 2 is 1.82 bits per heavy atom. The van der Waals surface area contributed by atoms with Crippen molar-refractivity contribution in [2.75, 3.05) is 27.7 Å². The molecule has 1 unspecified atom stereocenters. The first-order valence-corrected chi connectivity index (χ1v) is 6.92. The highest BCUT2D eigenvalue weighted by Crippen LogP contribution is 2.36. The van der Waals surface area contributed by atoms with Gasteiger partial charge in [0.25, 0.3) is 0 Å². The van der Waals surface area contributed by atoms with E-state index in [4.69, 9.17) is 0 Å². The lowest BCUT2D eigenvalue weighted by Gasteiger charge is -2.49. The topological polar surface area (TPSA) is 23.6 Å². The van der Waals surface area contributed by atoms with E-state index in [0.717, 1.165) is 6.54 Å². The summed E-state index contributed by atoms with van der Waals surface area (Å²) in [5.41, 5.74) is 0.203. The van der Waals surface area contributed by atoms with Gasteiger partial charge in [-0.25, -0.2) is 0 Å². The predicted octanol–water partition coefficient (Wildman–Crippen LogP) is 1.88. The lowest BCUT2D eigenvalue weighted by atomic mass is 9.75. The summed E-state index contributed by atoms with van der Waals surface area (Å²) in [6, 6.07) is 0. The van der Waals surface area contributed by atoms with Gasteiger partial charge in [0.1, 0.15) is 0 Å². The van der Waals surface area contributed by atoms with Gasteiger partial charge in [-0.15, -0.1) is 0 Å². The molecule has 100 valence electrons. The van der Waals surface area contributed by atoms with Gasteiger partial charge in [0.15, 0.2) is 0 Å². The lowest BCUT2D eigenvalue weighted by molar-refractivity contribution is -0.132. The van der Waals surface area contributed by atoms with Gasteiger partial charge in [0.2, 0.25) is 5.91 Å². The first-order chi connectivity index (χ1) is 7.80. The van der Waals surface area contributed by atoms with Gasteiger partial charge < -0.3 is 9.80 Å². The van der Waals surface area contributed by atoms with Crippen LogP contribution >= 0.6 is 12.6 Å². The average molecular weight is 258 g/mol. The molecule has 17 heavy (non-hydrogen) atoms. The van der Waals surface area contributed by atoms with Crippen molar-refractivity contribution in [1.29, 1.82) is 0 Å². The fourth-order valence-corrected chi connectivity index (χ4v) is 2.56. The van der Waals surface area contributed by atoms with Crippen LogP contribution < -0.4 is 0 Å². The van der Waals surface area contributed by atoms with Crippen molar-refractivity contribution in [3.63, 3.8) is 0 Å². The molecule has 0 spiro atoms. The molecule has 0 saturated heterocycles. The zero-order chi connectivity index (χ0) is 13.2. The first kappa shape index (κ1) is 14.8. The molecule has 0 aromatic rings. The van der Waals surface area contributed by atoms with Crippen LogP contribution in [-0.2, 0) is 4.79 Å². The minimum absolute atomic E-state index is 0.149. The summed E-state index contributed by atoms with van der Waals surface area (Å²) >= 11 is 4.40. The van der Waals surface area contributed by atoms with E-state index in [9.17, 15) is 4.79 Å². The zero-order valence-electron chi connectivity index (χ0n) is 11.7. The van der Waals surface area contributed by atoms with E-state index in [-0.39, 0.29) is 22.6 Å². The van der Waals surface area contributed by atoms with E-state index in [1.807, 2.05) is 25.8 Å². The maximum atomic E-state index is 12.2. The van der Waals surface area contributed by atoms with Gasteiger partial charge >= 0.3 is 0 Å². The van der Waals surface area contributed by atoms with E-state index in [1.54, 1.807) is 0 Å². The number of hydrogen-bond donors (Lipinski definition) is 1. The second-order valence-corrected chi connectivity index (χ2v) is 6.41. The number of likely N-dealkylation sites (N-methyl/N-ethyl adjacent to an activating group) is 2. The van der Waals surface area contributed by atoms with Crippen molar-refractivity contribution in [2.45, 2.75) is 43.9 Å². The zero-order valence-corrected chi connectivity index (χ0v) is 12.6. The predicted molar refractivity (Wildman–Crippen MR) is 75.5 cm³/mol. The maximum Gasteiger partial charge on any atom is 0.235 e.